The van der Waals surface area contributed by atoms with Crippen LogP contribution in [0.2, 0.25) is 0 Å². The fourth-order valence-corrected chi connectivity index (χ4v) is 1.50. The first-order chi connectivity index (χ1) is 8.29. The number of rotatable bonds is 2. The summed E-state index contributed by atoms with van der Waals surface area (Å²) in [5.41, 5.74) is 0.466. The van der Waals surface area contributed by atoms with E-state index in [-0.39, 0.29) is 11.2 Å². The van der Waals surface area contributed by atoms with Crippen LogP contribution in [-0.4, -0.2) is 38.3 Å². The van der Waals surface area contributed by atoms with Crippen LogP contribution in [-0.2, 0) is 0 Å². The molecule has 6 nitrogen and oxygen atoms in total. The molecule has 0 unspecified atom stereocenters. The van der Waals surface area contributed by atoms with Crippen molar-refractivity contribution in [3.05, 3.63) is 24.0 Å². The van der Waals surface area contributed by atoms with Crippen LogP contribution < -0.4 is 4.90 Å². The lowest BCUT2D eigenvalue weighted by Gasteiger charge is -2.32. The summed E-state index contributed by atoms with van der Waals surface area (Å²) in [5.74, 6) is -0.282. The summed E-state index contributed by atoms with van der Waals surface area (Å²) < 4.78 is 1.49. The number of carboxylic acid groups (broad SMARTS) is 1. The molecule has 2 aromatic rings. The van der Waals surface area contributed by atoms with E-state index in [0.717, 1.165) is 5.82 Å². The van der Waals surface area contributed by atoms with Crippen molar-refractivity contribution >= 4 is 17.4 Å². The number of aromatic nitrogens is 3. The van der Waals surface area contributed by atoms with Gasteiger partial charge >= 0.3 is 5.97 Å². The second kappa shape index (κ2) is 3.97. The highest BCUT2D eigenvalue weighted by Crippen LogP contribution is 2.19. The zero-order valence-corrected chi connectivity index (χ0v) is 10.9. The molecular formula is C12H16N4O2. The van der Waals surface area contributed by atoms with E-state index in [1.165, 1.54) is 10.7 Å². The van der Waals surface area contributed by atoms with Gasteiger partial charge in [-0.2, -0.15) is 0 Å². The Hall–Kier alpha value is -2.11. The van der Waals surface area contributed by atoms with Crippen molar-refractivity contribution in [1.29, 1.82) is 0 Å². The molecule has 0 fully saturated rings. The molecule has 2 aromatic heterocycles. The summed E-state index contributed by atoms with van der Waals surface area (Å²) in [5, 5.41) is 13.2. The number of fused-ring (bicyclic) bond motifs is 1. The summed E-state index contributed by atoms with van der Waals surface area (Å²) >= 11 is 0. The van der Waals surface area contributed by atoms with Gasteiger partial charge in [-0.05, 0) is 32.9 Å². The quantitative estimate of drug-likeness (QED) is 0.875. The lowest BCUT2D eigenvalue weighted by atomic mass is 10.1. The fraction of sp³-hybridized carbons (Fsp3) is 0.417. The molecule has 0 saturated heterocycles. The average Bonchev–Trinajstić information content (AvgIpc) is 2.69. The van der Waals surface area contributed by atoms with E-state index in [2.05, 4.69) is 30.9 Å². The zero-order valence-electron chi connectivity index (χ0n) is 10.9. The Morgan fingerprint density at radius 3 is 2.61 bits per heavy atom. The minimum absolute atomic E-state index is 0.00179. The van der Waals surface area contributed by atoms with E-state index in [1.54, 1.807) is 6.07 Å². The van der Waals surface area contributed by atoms with Crippen molar-refractivity contribution in [2.45, 2.75) is 26.3 Å². The summed E-state index contributed by atoms with van der Waals surface area (Å²) in [6.45, 7) is 6.24. The maximum absolute atomic E-state index is 10.8. The third-order valence-corrected chi connectivity index (χ3v) is 2.87. The Bertz CT molecular complexity index is 598. The van der Waals surface area contributed by atoms with E-state index in [1.807, 2.05) is 18.0 Å². The van der Waals surface area contributed by atoms with E-state index in [0.29, 0.717) is 5.65 Å². The standard InChI is InChI=1S/C12H16N4O2/c1-12(2,3)15(4)10-6-5-9-13-8(11(17)18)7-16(9)14-10/h5-7H,1-4H3,(H,17,18). The number of carbonyl (C=O) groups is 1. The zero-order chi connectivity index (χ0) is 13.5. The molecule has 0 aliphatic carbocycles. The molecule has 96 valence electrons. The molecule has 0 aromatic carbocycles. The van der Waals surface area contributed by atoms with Crippen LogP contribution >= 0.6 is 0 Å². The number of carboxylic acids is 1. The SMILES string of the molecule is CN(c1ccc2nc(C(=O)O)cn2n1)C(C)(C)C. The lowest BCUT2D eigenvalue weighted by Crippen LogP contribution is -2.38. The smallest absolute Gasteiger partial charge is 0.356 e. The van der Waals surface area contributed by atoms with Crippen molar-refractivity contribution in [3.8, 4) is 0 Å². The number of hydrogen-bond donors (Lipinski definition) is 1. The van der Waals surface area contributed by atoms with Gasteiger partial charge in [0.15, 0.2) is 11.3 Å². The van der Waals surface area contributed by atoms with Gasteiger partial charge in [0.25, 0.3) is 0 Å². The van der Waals surface area contributed by atoms with Crippen LogP contribution in [0.4, 0.5) is 5.82 Å². The molecule has 2 rings (SSSR count). The number of nitrogens with zero attached hydrogens (tertiary/aromatic N) is 4. The number of aromatic carboxylic acids is 1. The monoisotopic (exact) mass is 248 g/mol. The van der Waals surface area contributed by atoms with Crippen molar-refractivity contribution in [1.82, 2.24) is 14.6 Å². The molecule has 0 bridgehead atoms. The Balaban J connectivity index is 2.47. The predicted octanol–water partition coefficient (Wildman–Crippen LogP) is 1.66. The Kier molecular flexibility index (Phi) is 2.73. The molecule has 2 heterocycles. The fourth-order valence-electron chi connectivity index (χ4n) is 1.50. The van der Waals surface area contributed by atoms with E-state index >= 15 is 0 Å². The van der Waals surface area contributed by atoms with Gasteiger partial charge in [-0.25, -0.2) is 14.3 Å². The summed E-state index contributed by atoms with van der Waals surface area (Å²) in [6, 6.07) is 3.59. The maximum Gasteiger partial charge on any atom is 0.356 e. The lowest BCUT2D eigenvalue weighted by molar-refractivity contribution is 0.0691. The summed E-state index contributed by atoms with van der Waals surface area (Å²) in [6.07, 6.45) is 1.41. The molecule has 0 radical (unpaired) electrons. The molecule has 6 heteroatoms. The van der Waals surface area contributed by atoms with Crippen LogP contribution in [0.25, 0.3) is 5.65 Å². The minimum Gasteiger partial charge on any atom is -0.476 e. The highest BCUT2D eigenvalue weighted by Gasteiger charge is 2.19. The number of imidazole rings is 1. The van der Waals surface area contributed by atoms with Crippen molar-refractivity contribution < 1.29 is 9.90 Å². The van der Waals surface area contributed by atoms with Crippen molar-refractivity contribution in [2.75, 3.05) is 11.9 Å². The first kappa shape index (κ1) is 12.3. The van der Waals surface area contributed by atoms with Crippen LogP contribution in [0.1, 0.15) is 31.3 Å². The van der Waals surface area contributed by atoms with E-state index in [9.17, 15) is 4.79 Å². The predicted molar refractivity (Wildman–Crippen MR) is 68.1 cm³/mol. The molecular weight excluding hydrogens is 232 g/mol. The van der Waals surface area contributed by atoms with Crippen LogP contribution in [0, 0.1) is 0 Å². The van der Waals surface area contributed by atoms with Gasteiger partial charge in [0.1, 0.15) is 5.82 Å². The highest BCUT2D eigenvalue weighted by molar-refractivity contribution is 5.86. The second-order valence-electron chi connectivity index (χ2n) is 5.16. The Labute approximate surface area is 105 Å². The van der Waals surface area contributed by atoms with Crippen LogP contribution in [0.5, 0.6) is 0 Å². The minimum atomic E-state index is -1.05. The largest absolute Gasteiger partial charge is 0.476 e. The summed E-state index contributed by atoms with van der Waals surface area (Å²) in [7, 11) is 1.95. The van der Waals surface area contributed by atoms with Gasteiger partial charge in [0.2, 0.25) is 0 Å². The Morgan fingerprint density at radius 1 is 1.39 bits per heavy atom. The van der Waals surface area contributed by atoms with Crippen molar-refractivity contribution in [3.63, 3.8) is 0 Å². The highest BCUT2D eigenvalue weighted by atomic mass is 16.4. The average molecular weight is 248 g/mol. The first-order valence-corrected chi connectivity index (χ1v) is 5.62. The van der Waals surface area contributed by atoms with Gasteiger partial charge in [0, 0.05) is 12.6 Å². The Morgan fingerprint density at radius 2 is 2.06 bits per heavy atom. The van der Waals surface area contributed by atoms with Crippen molar-refractivity contribution in [2.24, 2.45) is 0 Å². The van der Waals surface area contributed by atoms with Gasteiger partial charge in [-0.3, -0.25) is 0 Å². The molecule has 0 aliphatic rings. The van der Waals surface area contributed by atoms with Crippen LogP contribution in [0.15, 0.2) is 18.3 Å². The molecule has 0 atom stereocenters. The van der Waals surface area contributed by atoms with Gasteiger partial charge in [-0.1, -0.05) is 0 Å². The van der Waals surface area contributed by atoms with Gasteiger partial charge < -0.3 is 10.0 Å². The second-order valence-corrected chi connectivity index (χ2v) is 5.16. The topological polar surface area (TPSA) is 70.7 Å². The maximum atomic E-state index is 10.8. The normalized spacial score (nSPS) is 11.8. The molecule has 0 aliphatic heterocycles. The third kappa shape index (κ3) is 2.13. The van der Waals surface area contributed by atoms with Gasteiger partial charge in [0.05, 0.1) is 6.20 Å². The number of anilines is 1. The summed E-state index contributed by atoms with van der Waals surface area (Å²) in [4.78, 5) is 16.8. The molecule has 1 N–H and O–H groups in total. The first-order valence-electron chi connectivity index (χ1n) is 5.62. The van der Waals surface area contributed by atoms with Gasteiger partial charge in [-0.15, -0.1) is 5.10 Å². The third-order valence-electron chi connectivity index (χ3n) is 2.87. The molecule has 18 heavy (non-hydrogen) atoms. The molecule has 0 spiro atoms. The van der Waals surface area contributed by atoms with Crippen LogP contribution in [0.3, 0.4) is 0 Å². The van der Waals surface area contributed by atoms with E-state index < -0.39 is 5.97 Å². The molecule has 0 saturated carbocycles. The number of hydrogen-bond acceptors (Lipinski definition) is 4. The molecule has 0 amide bonds. The van der Waals surface area contributed by atoms with E-state index in [4.69, 9.17) is 5.11 Å².